The van der Waals surface area contributed by atoms with Gasteiger partial charge in [-0.1, -0.05) is 94.2 Å². The van der Waals surface area contributed by atoms with Gasteiger partial charge in [-0.2, -0.15) is 0 Å². The van der Waals surface area contributed by atoms with E-state index in [1.807, 2.05) is 0 Å². The molecule has 6 rings (SSSR count). The van der Waals surface area contributed by atoms with Crippen LogP contribution in [0.1, 0.15) is 36.1 Å². The highest BCUT2D eigenvalue weighted by Crippen LogP contribution is 2.56. The van der Waals surface area contributed by atoms with E-state index in [1.54, 1.807) is 5.56 Å². The van der Waals surface area contributed by atoms with Crippen LogP contribution in [0.25, 0.3) is 33.0 Å². The largest absolute Gasteiger partial charge is 0.0619 e. The van der Waals surface area contributed by atoms with Crippen molar-refractivity contribution in [1.82, 2.24) is 0 Å². The topological polar surface area (TPSA) is 0 Å². The summed E-state index contributed by atoms with van der Waals surface area (Å²) in [5.74, 6) is 0. The van der Waals surface area contributed by atoms with Crippen LogP contribution in [0.4, 0.5) is 0 Å². The zero-order valence-corrected chi connectivity index (χ0v) is 19.6. The molecule has 2 aliphatic carbocycles. The van der Waals surface area contributed by atoms with Gasteiger partial charge in [-0.25, -0.2) is 0 Å². The van der Waals surface area contributed by atoms with E-state index < -0.39 is 0 Å². The lowest BCUT2D eigenvalue weighted by Gasteiger charge is -2.25. The Kier molecular flexibility index (Phi) is 3.74. The fraction of sp³-hybridized carbons (Fsp3) is 0.185. The van der Waals surface area contributed by atoms with Crippen LogP contribution in [0.3, 0.4) is 0 Å². The number of hydrogen-bond donors (Lipinski definition) is 0. The molecule has 0 saturated carbocycles. The third-order valence-electron chi connectivity index (χ3n) is 6.70. The number of fused-ring (bicyclic) bond motifs is 4. The predicted octanol–water partition coefficient (Wildman–Crippen LogP) is 8.44. The van der Waals surface area contributed by atoms with Gasteiger partial charge in [0.2, 0.25) is 0 Å². The maximum Gasteiger partial charge on any atom is 0.0265 e. The molecule has 2 aliphatic rings. The third-order valence-corrected chi connectivity index (χ3v) is 8.02. The molecule has 4 aromatic rings. The van der Waals surface area contributed by atoms with Gasteiger partial charge >= 0.3 is 0 Å². The van der Waals surface area contributed by atoms with Crippen LogP contribution >= 0.6 is 31.9 Å². The normalized spacial score (nSPS) is 15.6. The van der Waals surface area contributed by atoms with E-state index in [4.69, 9.17) is 0 Å². The van der Waals surface area contributed by atoms with E-state index in [9.17, 15) is 0 Å². The zero-order valence-electron chi connectivity index (χ0n) is 16.4. The lowest BCUT2D eigenvalue weighted by molar-refractivity contribution is 0.543. The lowest BCUT2D eigenvalue weighted by atomic mass is 9.79. The summed E-state index contributed by atoms with van der Waals surface area (Å²) in [6, 6.07) is 22.3. The Labute approximate surface area is 188 Å². The van der Waals surface area contributed by atoms with Crippen LogP contribution in [0.15, 0.2) is 69.6 Å². The van der Waals surface area contributed by atoms with Crippen molar-refractivity contribution in [1.29, 1.82) is 0 Å². The number of hydrogen-bond acceptors (Lipinski definition) is 0. The molecular formula is C27H20Br2. The number of halogens is 2. The molecule has 0 nitrogen and oxygen atoms in total. The van der Waals surface area contributed by atoms with Crippen molar-refractivity contribution in [3.63, 3.8) is 0 Å². The Morgan fingerprint density at radius 3 is 2.21 bits per heavy atom. The molecule has 4 aromatic carbocycles. The van der Waals surface area contributed by atoms with Crippen molar-refractivity contribution < 1.29 is 0 Å². The first-order valence-corrected chi connectivity index (χ1v) is 11.7. The standard InChI is InChI=1S/C27H20Br2/c1-27(2)14-16-8-5-10-18-22(16)26(27)19-13-15-7-3-4-9-17(15)23(19)24(18)25-20(28)11-6-12-21(25)29/h3-12H,13-14H2,1-2H3. The van der Waals surface area contributed by atoms with Crippen molar-refractivity contribution in [3.05, 3.63) is 91.9 Å². The molecule has 0 N–H and O–H groups in total. The molecule has 0 saturated heterocycles. The number of benzene rings is 4. The predicted molar refractivity (Wildman–Crippen MR) is 130 cm³/mol. The van der Waals surface area contributed by atoms with Gasteiger partial charge in [0.1, 0.15) is 0 Å². The van der Waals surface area contributed by atoms with E-state index in [1.165, 1.54) is 49.7 Å². The summed E-state index contributed by atoms with van der Waals surface area (Å²) in [5.41, 5.74) is 11.7. The summed E-state index contributed by atoms with van der Waals surface area (Å²) in [4.78, 5) is 0. The average molecular weight is 504 g/mol. The second-order valence-electron chi connectivity index (χ2n) is 8.93. The summed E-state index contributed by atoms with van der Waals surface area (Å²) in [6.07, 6.45) is 2.15. The minimum atomic E-state index is 0.164. The maximum atomic E-state index is 3.86. The third kappa shape index (κ3) is 2.36. The summed E-state index contributed by atoms with van der Waals surface area (Å²) in [5, 5.41) is 2.87. The molecule has 142 valence electrons. The highest BCUT2D eigenvalue weighted by Gasteiger charge is 2.39. The van der Waals surface area contributed by atoms with Crippen LogP contribution in [0, 0.1) is 0 Å². The Bertz CT molecular complexity index is 1320. The van der Waals surface area contributed by atoms with E-state index in [0.29, 0.717) is 0 Å². The van der Waals surface area contributed by atoms with Crippen molar-refractivity contribution in [2.45, 2.75) is 32.1 Å². The molecule has 2 heteroatoms. The summed E-state index contributed by atoms with van der Waals surface area (Å²) in [7, 11) is 0. The van der Waals surface area contributed by atoms with Gasteiger partial charge < -0.3 is 0 Å². The van der Waals surface area contributed by atoms with Gasteiger partial charge in [0, 0.05) is 14.5 Å². The lowest BCUT2D eigenvalue weighted by Crippen LogP contribution is -2.17. The molecule has 0 heterocycles. The van der Waals surface area contributed by atoms with Crippen molar-refractivity contribution >= 4 is 42.6 Å². The first-order valence-electron chi connectivity index (χ1n) is 10.1. The molecule has 0 aromatic heterocycles. The Hall–Kier alpha value is -1.90. The van der Waals surface area contributed by atoms with Crippen molar-refractivity contribution in [3.8, 4) is 22.3 Å². The Morgan fingerprint density at radius 1 is 0.724 bits per heavy atom. The molecule has 0 bridgehead atoms. The highest BCUT2D eigenvalue weighted by molar-refractivity contribution is 9.11. The highest BCUT2D eigenvalue weighted by atomic mass is 79.9. The van der Waals surface area contributed by atoms with Gasteiger partial charge in [0.05, 0.1) is 0 Å². The molecule has 0 radical (unpaired) electrons. The minimum absolute atomic E-state index is 0.164. The average Bonchev–Trinajstić information content (AvgIpc) is 3.18. The minimum Gasteiger partial charge on any atom is -0.0619 e. The van der Waals surface area contributed by atoms with E-state index in [-0.39, 0.29) is 5.41 Å². The maximum absolute atomic E-state index is 3.86. The molecule has 0 unspecified atom stereocenters. The first kappa shape index (κ1) is 17.9. The molecular weight excluding hydrogens is 484 g/mol. The summed E-state index contributed by atoms with van der Waals surface area (Å²) in [6.45, 7) is 4.83. The molecule has 0 amide bonds. The first-order chi connectivity index (χ1) is 14.0. The fourth-order valence-corrected chi connectivity index (χ4v) is 7.10. The monoisotopic (exact) mass is 502 g/mol. The molecule has 0 fully saturated rings. The zero-order chi connectivity index (χ0) is 19.9. The Morgan fingerprint density at radius 2 is 1.41 bits per heavy atom. The summed E-state index contributed by atoms with van der Waals surface area (Å²) < 4.78 is 2.27. The van der Waals surface area contributed by atoms with E-state index in [0.717, 1.165) is 21.8 Å². The van der Waals surface area contributed by atoms with Crippen LogP contribution in [-0.4, -0.2) is 0 Å². The summed E-state index contributed by atoms with van der Waals surface area (Å²) >= 11 is 7.73. The van der Waals surface area contributed by atoms with Gasteiger partial charge in [-0.05, 0) is 80.1 Å². The quantitative estimate of drug-likeness (QED) is 0.215. The second kappa shape index (κ2) is 6.06. The van der Waals surface area contributed by atoms with E-state index in [2.05, 4.69) is 106 Å². The molecule has 0 atom stereocenters. The molecule has 29 heavy (non-hydrogen) atoms. The van der Waals surface area contributed by atoms with Crippen molar-refractivity contribution in [2.75, 3.05) is 0 Å². The van der Waals surface area contributed by atoms with Gasteiger partial charge in [-0.15, -0.1) is 0 Å². The van der Waals surface area contributed by atoms with Crippen molar-refractivity contribution in [2.24, 2.45) is 0 Å². The fourth-order valence-electron chi connectivity index (χ4n) is 5.70. The smallest absolute Gasteiger partial charge is 0.0265 e. The van der Waals surface area contributed by atoms with Gasteiger partial charge in [-0.3, -0.25) is 0 Å². The SMILES string of the molecule is CC1(C)Cc2cccc3c(-c4c(Br)cccc4Br)c4c(c1c23)Cc1ccccc1-4. The van der Waals surface area contributed by atoms with Crippen LogP contribution in [0.5, 0.6) is 0 Å². The molecule has 0 spiro atoms. The van der Waals surface area contributed by atoms with Gasteiger partial charge in [0.25, 0.3) is 0 Å². The van der Waals surface area contributed by atoms with Crippen LogP contribution in [0.2, 0.25) is 0 Å². The van der Waals surface area contributed by atoms with Crippen LogP contribution in [-0.2, 0) is 18.3 Å². The van der Waals surface area contributed by atoms with E-state index >= 15 is 0 Å². The van der Waals surface area contributed by atoms with Crippen LogP contribution < -0.4 is 0 Å². The molecule has 0 aliphatic heterocycles. The van der Waals surface area contributed by atoms with Gasteiger partial charge in [0.15, 0.2) is 0 Å². The second-order valence-corrected chi connectivity index (χ2v) is 10.6. The Balaban J connectivity index is 1.89. The number of rotatable bonds is 1.